The minimum absolute atomic E-state index is 0.0901. The number of hydrogen-bond acceptors (Lipinski definition) is 14. The summed E-state index contributed by atoms with van der Waals surface area (Å²) in [7, 11) is 1.55. The van der Waals surface area contributed by atoms with Crippen LogP contribution in [0.1, 0.15) is 16.8 Å². The van der Waals surface area contributed by atoms with E-state index in [0.717, 1.165) is 0 Å². The van der Waals surface area contributed by atoms with Gasteiger partial charge in [0.1, 0.15) is 71.7 Å². The predicted molar refractivity (Wildman–Crippen MR) is 141 cm³/mol. The van der Waals surface area contributed by atoms with Gasteiger partial charge in [0.05, 0.1) is 20.3 Å². The molecule has 11 atom stereocenters. The maximum absolute atomic E-state index is 13.1. The number of phenolic OH excluding ortho intramolecular Hbond substituents is 1. The van der Waals surface area contributed by atoms with E-state index in [4.69, 9.17) is 23.7 Å². The summed E-state index contributed by atoms with van der Waals surface area (Å²) in [6.45, 7) is -1.49. The highest BCUT2D eigenvalue weighted by Gasteiger charge is 2.51. The first-order chi connectivity index (χ1) is 20.1. The first kappa shape index (κ1) is 32.0. The lowest BCUT2D eigenvalue weighted by Gasteiger charge is -2.45. The minimum atomic E-state index is -1.84. The third-order valence-corrected chi connectivity index (χ3v) is 7.28. The fourth-order valence-corrected chi connectivity index (χ4v) is 4.85. The van der Waals surface area contributed by atoms with Crippen molar-refractivity contribution in [1.82, 2.24) is 0 Å². The molecule has 0 aromatic heterocycles. The average Bonchev–Trinajstić information content (AvgIpc) is 2.99. The normalized spacial score (nSPS) is 37.0. The van der Waals surface area contributed by atoms with E-state index in [1.807, 2.05) is 12.2 Å². The topological polar surface area (TPSA) is 225 Å². The third kappa shape index (κ3) is 6.84. The molecule has 2 heterocycles. The Hall–Kier alpha value is -2.89. The van der Waals surface area contributed by atoms with Crippen LogP contribution in [0.25, 0.3) is 0 Å². The van der Waals surface area contributed by atoms with Gasteiger partial charge in [-0.1, -0.05) is 18.2 Å². The Morgan fingerprint density at radius 1 is 0.952 bits per heavy atom. The second-order valence-electron chi connectivity index (χ2n) is 10.1. The molecule has 0 radical (unpaired) electrons. The lowest BCUT2D eigenvalue weighted by Crippen LogP contribution is -2.65. The number of aliphatic hydroxyl groups excluding tert-OH is 7. The Kier molecular flexibility index (Phi) is 10.7. The lowest BCUT2D eigenvalue weighted by atomic mass is 9.97. The summed E-state index contributed by atoms with van der Waals surface area (Å²) in [6.07, 6.45) is -7.38. The lowest BCUT2D eigenvalue weighted by molar-refractivity contribution is -0.352. The van der Waals surface area contributed by atoms with Crippen LogP contribution in [0, 0.1) is 5.92 Å². The van der Waals surface area contributed by atoms with Crippen molar-refractivity contribution in [2.75, 3.05) is 20.3 Å². The number of ether oxygens (including phenoxy) is 5. The Balaban J connectivity index is 1.47. The summed E-state index contributed by atoms with van der Waals surface area (Å²) in [5.74, 6) is -0.570. The van der Waals surface area contributed by atoms with Crippen LogP contribution in [0.5, 0.6) is 11.5 Å². The minimum Gasteiger partial charge on any atom is -0.507 e. The Labute approximate surface area is 240 Å². The Morgan fingerprint density at radius 2 is 1.64 bits per heavy atom. The highest BCUT2D eigenvalue weighted by molar-refractivity contribution is 6.08. The van der Waals surface area contributed by atoms with Crippen molar-refractivity contribution in [2.24, 2.45) is 5.92 Å². The molecular weight excluding hydrogens is 560 g/mol. The second kappa shape index (κ2) is 14.1. The predicted octanol–water partition coefficient (Wildman–Crippen LogP) is -1.76. The van der Waals surface area contributed by atoms with E-state index < -0.39 is 86.2 Å². The van der Waals surface area contributed by atoms with E-state index in [-0.39, 0.29) is 17.2 Å². The van der Waals surface area contributed by atoms with Gasteiger partial charge in [-0.2, -0.15) is 0 Å². The molecule has 0 bridgehead atoms. The zero-order valence-electron chi connectivity index (χ0n) is 22.6. The van der Waals surface area contributed by atoms with Crippen molar-refractivity contribution in [3.63, 3.8) is 0 Å². The average molecular weight is 597 g/mol. The van der Waals surface area contributed by atoms with Crippen molar-refractivity contribution in [3.8, 4) is 11.5 Å². The molecule has 8 N–H and O–H groups in total. The molecule has 3 aliphatic rings. The number of methoxy groups -OCH3 is 1. The highest BCUT2D eigenvalue weighted by atomic mass is 16.7. The Morgan fingerprint density at radius 3 is 2.29 bits per heavy atom. The molecule has 4 rings (SSSR count). The van der Waals surface area contributed by atoms with Gasteiger partial charge in [-0.05, 0) is 42.7 Å². The molecule has 1 unspecified atom stereocenters. The molecule has 1 aromatic carbocycles. The van der Waals surface area contributed by atoms with Gasteiger partial charge in [0.25, 0.3) is 0 Å². The van der Waals surface area contributed by atoms with E-state index in [0.29, 0.717) is 12.2 Å². The molecule has 42 heavy (non-hydrogen) atoms. The molecule has 232 valence electrons. The van der Waals surface area contributed by atoms with E-state index in [2.05, 4.69) is 0 Å². The number of carbonyl (C=O) groups excluding carboxylic acids is 1. The molecule has 14 heteroatoms. The van der Waals surface area contributed by atoms with Gasteiger partial charge < -0.3 is 64.5 Å². The quantitative estimate of drug-likeness (QED) is 0.111. The smallest absolute Gasteiger partial charge is 0.229 e. The van der Waals surface area contributed by atoms with Gasteiger partial charge in [-0.25, -0.2) is 0 Å². The van der Waals surface area contributed by atoms with Crippen LogP contribution in [-0.2, 0) is 18.9 Å². The molecule has 0 amide bonds. The molecular formula is C28H36O14. The van der Waals surface area contributed by atoms with Crippen molar-refractivity contribution < 1.29 is 69.3 Å². The number of carbonyl (C=O) groups is 1. The number of benzene rings is 1. The number of hydrogen-bond donors (Lipinski definition) is 8. The van der Waals surface area contributed by atoms with Crippen molar-refractivity contribution >= 4 is 5.78 Å². The largest absolute Gasteiger partial charge is 0.507 e. The summed E-state index contributed by atoms with van der Waals surface area (Å²) >= 11 is 0. The van der Waals surface area contributed by atoms with Crippen LogP contribution in [0.4, 0.5) is 0 Å². The van der Waals surface area contributed by atoms with Crippen molar-refractivity contribution in [3.05, 3.63) is 59.9 Å². The monoisotopic (exact) mass is 596 g/mol. The van der Waals surface area contributed by atoms with Crippen molar-refractivity contribution in [2.45, 2.75) is 67.8 Å². The number of ketones is 1. The number of aromatic hydroxyl groups is 1. The third-order valence-electron chi connectivity index (χ3n) is 7.28. The molecule has 0 spiro atoms. The summed E-state index contributed by atoms with van der Waals surface area (Å²) in [4.78, 5) is 13.1. The molecule has 2 aliphatic heterocycles. The van der Waals surface area contributed by atoms with Gasteiger partial charge in [-0.15, -0.1) is 0 Å². The van der Waals surface area contributed by atoms with E-state index >= 15 is 0 Å². The summed E-state index contributed by atoms with van der Waals surface area (Å²) in [5.41, 5.74) is -0.229. The Bertz CT molecular complexity index is 1160. The molecule has 1 aliphatic carbocycles. The van der Waals surface area contributed by atoms with Gasteiger partial charge in [0, 0.05) is 0 Å². The molecule has 2 fully saturated rings. The number of aliphatic hydroxyl groups is 7. The first-order valence-corrected chi connectivity index (χ1v) is 13.3. The SMILES string of the molecule is COC1=CCC(C=CC(=O)c2c(O)cccc2O[C@@H]2O[C@H](CO)[C@@H](O[C@H]3O[C@H](CO)[C@@H](O)[C@H](O)[C@H]3O)[C@H](O)[C@H]2O)C=C1. The van der Waals surface area contributed by atoms with Crippen LogP contribution in [-0.4, -0.2) is 128 Å². The van der Waals surface area contributed by atoms with Crippen LogP contribution in [0.3, 0.4) is 0 Å². The maximum Gasteiger partial charge on any atom is 0.229 e. The van der Waals surface area contributed by atoms with Crippen LogP contribution in [0.2, 0.25) is 0 Å². The fraction of sp³-hybridized carbons (Fsp3) is 0.536. The second-order valence-corrected chi connectivity index (χ2v) is 10.1. The first-order valence-electron chi connectivity index (χ1n) is 13.3. The van der Waals surface area contributed by atoms with Crippen LogP contribution in [0.15, 0.2) is 54.3 Å². The highest BCUT2D eigenvalue weighted by Crippen LogP contribution is 2.34. The van der Waals surface area contributed by atoms with Gasteiger partial charge in [-0.3, -0.25) is 4.79 Å². The number of rotatable bonds is 10. The molecule has 0 saturated carbocycles. The van der Waals surface area contributed by atoms with Crippen molar-refractivity contribution in [1.29, 1.82) is 0 Å². The van der Waals surface area contributed by atoms with Gasteiger partial charge in [0.15, 0.2) is 12.1 Å². The van der Waals surface area contributed by atoms with E-state index in [1.165, 1.54) is 24.3 Å². The molecule has 2 saturated heterocycles. The summed E-state index contributed by atoms with van der Waals surface area (Å²) < 4.78 is 27.3. The summed E-state index contributed by atoms with van der Waals surface area (Å²) in [5, 5.41) is 81.7. The van der Waals surface area contributed by atoms with Gasteiger partial charge in [0.2, 0.25) is 6.29 Å². The standard InChI is InChI=1S/C28H36O14/c1-38-14-8-5-13(6-9-14)7-10-16(32)20-15(31)3-2-4-17(20)39-27-25(37)23(35)26(19(12-30)41-27)42-28-24(36)22(34)21(33)18(11-29)40-28/h2-5,7-10,13,18-19,21-31,33-37H,6,11-12H2,1H3/t13?,18-,19-,21-,22+,23-,24-,25-,26-,27-,28-/m1/s1. The zero-order chi connectivity index (χ0) is 30.6. The fourth-order valence-electron chi connectivity index (χ4n) is 4.85. The summed E-state index contributed by atoms with van der Waals surface area (Å²) in [6, 6.07) is 4.02. The number of allylic oxidation sites excluding steroid dienone is 5. The van der Waals surface area contributed by atoms with Crippen LogP contribution < -0.4 is 4.74 Å². The van der Waals surface area contributed by atoms with Crippen LogP contribution >= 0.6 is 0 Å². The van der Waals surface area contributed by atoms with E-state index in [9.17, 15) is 45.6 Å². The zero-order valence-corrected chi connectivity index (χ0v) is 22.6. The van der Waals surface area contributed by atoms with E-state index in [1.54, 1.807) is 19.3 Å². The molecule has 14 nitrogen and oxygen atoms in total. The number of phenols is 1. The maximum atomic E-state index is 13.1. The molecule has 1 aromatic rings. The van der Waals surface area contributed by atoms with Gasteiger partial charge >= 0.3 is 0 Å².